The quantitative estimate of drug-likeness (QED) is 0.242. The zero-order chi connectivity index (χ0) is 22.7. The van der Waals surface area contributed by atoms with Crippen LogP contribution in [-0.4, -0.2) is 88.3 Å². The van der Waals surface area contributed by atoms with E-state index >= 15 is 0 Å². The van der Waals surface area contributed by atoms with Gasteiger partial charge in [-0.15, -0.1) is 0 Å². The van der Waals surface area contributed by atoms with Gasteiger partial charge >= 0.3 is 187 Å². The van der Waals surface area contributed by atoms with Gasteiger partial charge in [0, 0.05) is 0 Å². The van der Waals surface area contributed by atoms with Crippen LogP contribution in [0.25, 0.3) is 0 Å². The Balaban J connectivity index is 4.77. The Labute approximate surface area is 187 Å². The van der Waals surface area contributed by atoms with E-state index in [1.165, 1.54) is 0 Å². The van der Waals surface area contributed by atoms with Crippen LogP contribution in [0.5, 0.6) is 0 Å². The van der Waals surface area contributed by atoms with Crippen LogP contribution in [0, 0.1) is 0 Å². The summed E-state index contributed by atoms with van der Waals surface area (Å²) in [5, 5.41) is 0. The molecule has 0 saturated carbocycles. The zero-order valence-corrected chi connectivity index (χ0v) is 22.8. The summed E-state index contributed by atoms with van der Waals surface area (Å²) in [4.78, 5) is 2.40. The van der Waals surface area contributed by atoms with Crippen LogP contribution in [0.3, 0.4) is 0 Å². The summed E-state index contributed by atoms with van der Waals surface area (Å²) in [6.07, 6.45) is 1.94. The van der Waals surface area contributed by atoms with Crippen molar-refractivity contribution in [3.8, 4) is 0 Å². The van der Waals surface area contributed by atoms with Crippen molar-refractivity contribution >= 4 is 17.6 Å². The minimum absolute atomic E-state index is 0.622. The third kappa shape index (κ3) is 12.2. The molecule has 0 heterocycles. The molecule has 0 spiro atoms. The number of nitrogens with zero attached hydrogens (tertiary/aromatic N) is 1. The SMILES string of the molecule is CCO[SiH-](CCCN(CCN)CCC[SiH-](OCC)(OCC)OCC)(OCC)OCC. The van der Waals surface area contributed by atoms with Gasteiger partial charge in [0.25, 0.3) is 0 Å². The summed E-state index contributed by atoms with van der Waals surface area (Å²) in [6.45, 7) is 19.1. The molecule has 0 aliphatic rings. The van der Waals surface area contributed by atoms with Crippen molar-refractivity contribution in [1.82, 2.24) is 4.90 Å². The molecule has 0 bridgehead atoms. The van der Waals surface area contributed by atoms with Crippen molar-refractivity contribution in [1.29, 1.82) is 0 Å². The molecule has 0 unspecified atom stereocenters. The second kappa shape index (κ2) is 18.7. The van der Waals surface area contributed by atoms with E-state index in [2.05, 4.69) is 4.90 Å². The Kier molecular flexibility index (Phi) is 18.7. The van der Waals surface area contributed by atoms with E-state index < -0.39 is 17.6 Å². The second-order valence-corrected chi connectivity index (χ2v) is 13.5. The van der Waals surface area contributed by atoms with E-state index in [-0.39, 0.29) is 0 Å². The summed E-state index contributed by atoms with van der Waals surface area (Å²) in [5.41, 5.74) is 5.86. The Hall–Kier alpha value is 0.114. The predicted molar refractivity (Wildman–Crippen MR) is 128 cm³/mol. The average Bonchev–Trinajstić information content (AvgIpc) is 2.69. The van der Waals surface area contributed by atoms with E-state index in [0.717, 1.165) is 44.6 Å². The van der Waals surface area contributed by atoms with Gasteiger partial charge in [0.1, 0.15) is 0 Å². The molecule has 0 rings (SSSR count). The predicted octanol–water partition coefficient (Wildman–Crippen LogP) is 2.59. The van der Waals surface area contributed by atoms with Crippen LogP contribution in [-0.2, 0) is 26.6 Å². The van der Waals surface area contributed by atoms with Crippen molar-refractivity contribution in [2.24, 2.45) is 5.73 Å². The topological polar surface area (TPSA) is 84.6 Å². The molecule has 0 radical (unpaired) electrons. The molecule has 0 aromatic rings. The Morgan fingerprint density at radius 1 is 0.533 bits per heavy atom. The molecule has 0 atom stereocenters. The molecule has 0 saturated heterocycles. The van der Waals surface area contributed by atoms with Gasteiger partial charge in [-0.3, -0.25) is 0 Å². The zero-order valence-electron chi connectivity index (χ0n) is 20.5. The van der Waals surface area contributed by atoms with E-state index in [1.54, 1.807) is 0 Å². The number of nitrogens with two attached hydrogens (primary N) is 1. The summed E-state index contributed by atoms with van der Waals surface area (Å²) in [5.74, 6) is 0. The Morgan fingerprint density at radius 2 is 0.833 bits per heavy atom. The monoisotopic (exact) mass is 470 g/mol. The van der Waals surface area contributed by atoms with E-state index in [4.69, 9.17) is 32.3 Å². The molecule has 0 aromatic heterocycles. The van der Waals surface area contributed by atoms with Gasteiger partial charge < -0.3 is 0 Å². The van der Waals surface area contributed by atoms with E-state index in [0.29, 0.717) is 46.2 Å². The van der Waals surface area contributed by atoms with Gasteiger partial charge in [-0.1, -0.05) is 0 Å². The van der Waals surface area contributed by atoms with Crippen molar-refractivity contribution < 1.29 is 26.6 Å². The van der Waals surface area contributed by atoms with Gasteiger partial charge in [0.05, 0.1) is 0 Å². The van der Waals surface area contributed by atoms with Crippen molar-refractivity contribution in [2.45, 2.75) is 66.5 Å². The second-order valence-electron chi connectivity index (χ2n) is 7.22. The van der Waals surface area contributed by atoms with Crippen LogP contribution in [0.1, 0.15) is 54.4 Å². The minimum atomic E-state index is -2.92. The maximum atomic E-state index is 5.99. The molecular formula is C20H50N2O6Si2-2. The van der Waals surface area contributed by atoms with Gasteiger partial charge in [-0.05, 0) is 0 Å². The molecule has 8 nitrogen and oxygen atoms in total. The van der Waals surface area contributed by atoms with Gasteiger partial charge in [-0.25, -0.2) is 0 Å². The average molecular weight is 471 g/mol. The van der Waals surface area contributed by atoms with Crippen LogP contribution in [0.4, 0.5) is 0 Å². The van der Waals surface area contributed by atoms with E-state index in [1.807, 2.05) is 41.5 Å². The maximum absolute atomic E-state index is 5.99. The first kappa shape index (κ1) is 30.1. The van der Waals surface area contributed by atoms with Gasteiger partial charge in [0.15, 0.2) is 0 Å². The van der Waals surface area contributed by atoms with Crippen LogP contribution >= 0.6 is 0 Å². The molecule has 0 amide bonds. The standard InChI is InChI=1S/C20H50N2O6Si2/c1-7-23-29(24-8-2,25-9-3)19-13-16-22(18-15-21)17-14-20-30(26-10-4,27-11-5)28-12-6/h29-30H,7-21H2,1-6H3/q-2. The van der Waals surface area contributed by atoms with Crippen LogP contribution < -0.4 is 5.73 Å². The molecule has 2 N–H and O–H groups in total. The Morgan fingerprint density at radius 3 is 1.07 bits per heavy atom. The third-order valence-corrected chi connectivity index (χ3v) is 12.3. The molecule has 0 aliphatic heterocycles. The molecular weight excluding hydrogens is 420 g/mol. The molecule has 30 heavy (non-hydrogen) atoms. The molecule has 0 fully saturated rings. The molecule has 10 heteroatoms. The fraction of sp³-hybridized carbons (Fsp3) is 1.00. The van der Waals surface area contributed by atoms with E-state index in [9.17, 15) is 0 Å². The van der Waals surface area contributed by atoms with Crippen LogP contribution in [0.2, 0.25) is 12.1 Å². The Bertz CT molecular complexity index is 330. The van der Waals surface area contributed by atoms with Gasteiger partial charge in [0.2, 0.25) is 0 Å². The first-order valence-electron chi connectivity index (χ1n) is 12.1. The first-order chi connectivity index (χ1) is 14.5. The number of hydrogen-bond donors (Lipinski definition) is 1. The molecule has 0 aliphatic carbocycles. The molecule has 0 aromatic carbocycles. The van der Waals surface area contributed by atoms with Gasteiger partial charge in [-0.2, -0.15) is 0 Å². The summed E-state index contributed by atoms with van der Waals surface area (Å²) < 4.78 is 36.0. The van der Waals surface area contributed by atoms with Crippen molar-refractivity contribution in [3.05, 3.63) is 0 Å². The first-order valence-corrected chi connectivity index (χ1v) is 16.5. The fourth-order valence-corrected chi connectivity index (χ4v) is 9.95. The van der Waals surface area contributed by atoms with Crippen molar-refractivity contribution in [3.63, 3.8) is 0 Å². The fourth-order valence-electron chi connectivity index (χ4n) is 3.96. The third-order valence-electron chi connectivity index (χ3n) is 5.03. The normalized spacial score (nSPS) is 13.9. The summed E-state index contributed by atoms with van der Waals surface area (Å²) >= 11 is 0. The number of rotatable bonds is 22. The summed E-state index contributed by atoms with van der Waals surface area (Å²) in [6, 6.07) is 1.70. The van der Waals surface area contributed by atoms with Crippen molar-refractivity contribution in [2.75, 3.05) is 65.8 Å². The van der Waals surface area contributed by atoms with Crippen LogP contribution in [0.15, 0.2) is 0 Å². The molecule has 186 valence electrons. The number of hydrogen-bond acceptors (Lipinski definition) is 8. The summed E-state index contributed by atoms with van der Waals surface area (Å²) in [7, 11) is -5.83.